The first-order chi connectivity index (χ1) is 20.1. The molecule has 2 aromatic carbocycles. The van der Waals surface area contributed by atoms with E-state index in [4.69, 9.17) is 11.6 Å². The highest BCUT2D eigenvalue weighted by Gasteiger charge is 2.76. The van der Waals surface area contributed by atoms with Gasteiger partial charge < -0.3 is 15.2 Å². The van der Waals surface area contributed by atoms with Crippen molar-refractivity contribution in [3.8, 4) is 5.75 Å². The van der Waals surface area contributed by atoms with Crippen molar-refractivity contribution in [1.82, 2.24) is 10.3 Å². The van der Waals surface area contributed by atoms with Gasteiger partial charge in [0, 0.05) is 18.7 Å². The Labute approximate surface area is 244 Å². The molecule has 3 rings (SSSR count). The molecule has 0 saturated carbocycles. The zero-order valence-electron chi connectivity index (χ0n) is 21.3. The molecule has 2 atom stereocenters. The highest BCUT2D eigenvalue weighted by molar-refractivity contribution is 6.30. The summed E-state index contributed by atoms with van der Waals surface area (Å²) >= 11 is 5.81. The van der Waals surface area contributed by atoms with Gasteiger partial charge in [0.1, 0.15) is 17.1 Å². The summed E-state index contributed by atoms with van der Waals surface area (Å²) < 4.78 is 167. The minimum absolute atomic E-state index is 0.0616. The zero-order valence-corrected chi connectivity index (χ0v) is 22.1. The van der Waals surface area contributed by atoms with Crippen LogP contribution in [0.2, 0.25) is 5.02 Å². The minimum Gasteiger partial charge on any atom is -0.428 e. The number of aliphatic hydroxyl groups is 1. The van der Waals surface area contributed by atoms with E-state index in [0.29, 0.717) is 12.1 Å². The number of amides is 1. The molecule has 0 saturated heterocycles. The van der Waals surface area contributed by atoms with Crippen LogP contribution in [0, 0.1) is 5.82 Å². The second-order valence-corrected chi connectivity index (χ2v) is 9.62. The minimum atomic E-state index is -6.80. The van der Waals surface area contributed by atoms with Crippen molar-refractivity contribution >= 4 is 17.5 Å². The lowest BCUT2D eigenvalue weighted by Crippen LogP contribution is -2.67. The van der Waals surface area contributed by atoms with Gasteiger partial charge in [-0.25, -0.2) is 8.78 Å². The quantitative estimate of drug-likeness (QED) is 0.231. The molecule has 0 bridgehead atoms. The maximum Gasteiger partial charge on any atom is 0.461 e. The van der Waals surface area contributed by atoms with Crippen LogP contribution in [0.3, 0.4) is 0 Å². The Hall–Kier alpha value is -3.73. The lowest BCUT2D eigenvalue weighted by atomic mass is 9.79. The van der Waals surface area contributed by atoms with E-state index in [2.05, 4.69) is 9.72 Å². The molecular formula is C26H17ClF12N2O3. The van der Waals surface area contributed by atoms with Gasteiger partial charge in [-0.3, -0.25) is 9.78 Å². The summed E-state index contributed by atoms with van der Waals surface area (Å²) in [7, 11) is 0. The van der Waals surface area contributed by atoms with Gasteiger partial charge in [0.05, 0.1) is 10.7 Å². The lowest BCUT2D eigenvalue weighted by molar-refractivity contribution is -0.380. The molecular weight excluding hydrogens is 652 g/mol. The summed E-state index contributed by atoms with van der Waals surface area (Å²) in [4.78, 5) is 16.8. The number of carbonyl (C=O) groups is 1. The van der Waals surface area contributed by atoms with Crippen LogP contribution in [0.5, 0.6) is 5.75 Å². The fourth-order valence-electron chi connectivity index (χ4n) is 4.03. The maximum absolute atomic E-state index is 15.0. The number of carbonyl (C=O) groups excluding carboxylic acids is 1. The van der Waals surface area contributed by atoms with Crippen LogP contribution in [0.15, 0.2) is 66.9 Å². The number of hydrogen-bond acceptors (Lipinski definition) is 4. The van der Waals surface area contributed by atoms with E-state index >= 15 is 4.39 Å². The molecule has 0 fully saturated rings. The van der Waals surface area contributed by atoms with E-state index in [1.807, 2.05) is 0 Å². The van der Waals surface area contributed by atoms with Crippen LogP contribution in [0.1, 0.15) is 16.8 Å². The van der Waals surface area contributed by atoms with Crippen molar-refractivity contribution in [3.05, 3.63) is 94.5 Å². The first-order valence-electron chi connectivity index (χ1n) is 11.8. The van der Waals surface area contributed by atoms with E-state index in [1.54, 1.807) is 5.32 Å². The number of ether oxygens (including phenoxy) is 1. The molecule has 3 aromatic rings. The maximum atomic E-state index is 15.0. The number of rotatable bonds is 10. The van der Waals surface area contributed by atoms with Crippen LogP contribution in [-0.4, -0.2) is 52.7 Å². The number of halogens is 13. The third-order valence-corrected chi connectivity index (χ3v) is 6.37. The van der Waals surface area contributed by atoms with Gasteiger partial charge in [0.2, 0.25) is 6.17 Å². The number of nitrogens with zero attached hydrogens (tertiary/aromatic N) is 1. The Bertz CT molecular complexity index is 1440. The number of hydrogen-bond donors (Lipinski definition) is 2. The van der Waals surface area contributed by atoms with Gasteiger partial charge >= 0.3 is 24.9 Å². The molecule has 0 aliphatic rings. The van der Waals surface area contributed by atoms with Crippen LogP contribution >= 0.6 is 11.6 Å². The Kier molecular flexibility index (Phi) is 9.75. The van der Waals surface area contributed by atoms with Crippen molar-refractivity contribution in [2.75, 3.05) is 0 Å². The van der Waals surface area contributed by atoms with Crippen molar-refractivity contribution in [2.24, 2.45) is 0 Å². The summed E-state index contributed by atoms with van der Waals surface area (Å²) in [6.07, 6.45) is -28.1. The Morgan fingerprint density at radius 3 is 2.00 bits per heavy atom. The molecule has 1 amide bonds. The fourth-order valence-corrected chi connectivity index (χ4v) is 4.14. The fraction of sp³-hybridized carbons (Fsp3) is 0.308. The summed E-state index contributed by atoms with van der Waals surface area (Å²) in [5, 5.41) is 11.0. The number of nitrogens with one attached hydrogen (secondary N) is 1. The van der Waals surface area contributed by atoms with E-state index in [1.165, 1.54) is 30.3 Å². The Balaban J connectivity index is 2.34. The largest absolute Gasteiger partial charge is 0.461 e. The number of pyridine rings is 1. The normalized spacial score (nSPS) is 15.1. The number of alkyl halides is 11. The molecule has 1 heterocycles. The Morgan fingerprint density at radius 2 is 1.50 bits per heavy atom. The number of benzene rings is 2. The van der Waals surface area contributed by atoms with Gasteiger partial charge in [-0.1, -0.05) is 41.9 Å². The van der Waals surface area contributed by atoms with Crippen LogP contribution in [0.25, 0.3) is 0 Å². The molecule has 0 radical (unpaired) electrons. The smallest absolute Gasteiger partial charge is 0.428 e. The van der Waals surface area contributed by atoms with E-state index in [0.717, 1.165) is 18.3 Å². The molecule has 5 nitrogen and oxygen atoms in total. The van der Waals surface area contributed by atoms with Gasteiger partial charge in [-0.2, -0.15) is 43.9 Å². The Morgan fingerprint density at radius 1 is 0.909 bits per heavy atom. The molecule has 0 spiro atoms. The summed E-state index contributed by atoms with van der Waals surface area (Å²) in [6.45, 7) is 0. The van der Waals surface area contributed by atoms with E-state index in [9.17, 15) is 58.2 Å². The average molecular weight is 669 g/mol. The summed E-state index contributed by atoms with van der Waals surface area (Å²) in [6, 6.07) is 9.69. The third kappa shape index (κ3) is 6.98. The first kappa shape index (κ1) is 34.8. The predicted octanol–water partition coefficient (Wildman–Crippen LogP) is 6.91. The van der Waals surface area contributed by atoms with Crippen molar-refractivity contribution in [3.63, 3.8) is 0 Å². The molecule has 1 unspecified atom stereocenters. The summed E-state index contributed by atoms with van der Waals surface area (Å²) in [5.41, 5.74) is -10.4. The predicted molar refractivity (Wildman–Crippen MR) is 128 cm³/mol. The second-order valence-electron chi connectivity index (χ2n) is 9.18. The van der Waals surface area contributed by atoms with Crippen LogP contribution in [-0.2, 0) is 16.8 Å². The number of aromatic nitrogens is 1. The van der Waals surface area contributed by atoms with Crippen molar-refractivity contribution in [2.45, 2.75) is 48.6 Å². The monoisotopic (exact) mass is 668 g/mol. The topological polar surface area (TPSA) is 71.5 Å². The molecule has 18 heteroatoms. The molecule has 1 aromatic heterocycles. The molecule has 2 N–H and O–H groups in total. The van der Waals surface area contributed by atoms with Gasteiger partial charge in [0.15, 0.2) is 0 Å². The molecule has 240 valence electrons. The lowest BCUT2D eigenvalue weighted by Gasteiger charge is -2.39. The van der Waals surface area contributed by atoms with E-state index in [-0.39, 0.29) is 16.7 Å². The average Bonchev–Trinajstić information content (AvgIpc) is 2.90. The molecule has 44 heavy (non-hydrogen) atoms. The van der Waals surface area contributed by atoms with Crippen molar-refractivity contribution < 1.29 is 67.3 Å². The molecule has 0 aliphatic heterocycles. The first-order valence-corrected chi connectivity index (χ1v) is 12.2. The summed E-state index contributed by atoms with van der Waals surface area (Å²) in [5.74, 6) is -5.65. The van der Waals surface area contributed by atoms with Gasteiger partial charge in [0.25, 0.3) is 11.5 Å². The van der Waals surface area contributed by atoms with Crippen LogP contribution < -0.4 is 10.1 Å². The molecule has 0 aliphatic carbocycles. The van der Waals surface area contributed by atoms with Crippen molar-refractivity contribution in [1.29, 1.82) is 0 Å². The van der Waals surface area contributed by atoms with E-state index < -0.39 is 77.4 Å². The standard InChI is InChI=1S/C26H17ClF12N2O3/c27-15-6-7-18(40-12-15)22(11-13-4-2-1-3-5-13,14-8-16(28)10-17(9-14)44-24(32,33)21(30)31)41-20(42)19(29)23(43,25(34,35)36)26(37,38)39/h1-10,12,19,21,43H,11H2,(H,41,42)/t19?,22-/m0/s1. The highest BCUT2D eigenvalue weighted by atomic mass is 35.5. The zero-order chi connectivity index (χ0) is 33.3. The second kappa shape index (κ2) is 12.3. The third-order valence-electron chi connectivity index (χ3n) is 6.15. The van der Waals surface area contributed by atoms with Crippen LogP contribution in [0.4, 0.5) is 52.7 Å². The SMILES string of the molecule is O=C(N[C@@](Cc1ccccc1)(c1cc(F)cc(OC(F)(F)C(F)F)c1)c1ccc(Cl)cn1)C(F)C(O)(C(F)(F)F)C(F)(F)F. The van der Waals surface area contributed by atoms with Gasteiger partial charge in [-0.05, 0) is 35.4 Å². The van der Waals surface area contributed by atoms with Gasteiger partial charge in [-0.15, -0.1) is 0 Å². The highest BCUT2D eigenvalue weighted by Crippen LogP contribution is 2.47.